The van der Waals surface area contributed by atoms with Crippen molar-refractivity contribution in [3.8, 4) is 0 Å². The summed E-state index contributed by atoms with van der Waals surface area (Å²) >= 11 is 1.05. The van der Waals surface area contributed by atoms with Gasteiger partial charge in [0.15, 0.2) is 0 Å². The summed E-state index contributed by atoms with van der Waals surface area (Å²) in [4.78, 5) is 36.1. The number of benzene rings is 2. The zero-order chi connectivity index (χ0) is 21.0. The van der Waals surface area contributed by atoms with Crippen LogP contribution in [0.5, 0.6) is 0 Å². The van der Waals surface area contributed by atoms with Crippen LogP contribution in [-0.4, -0.2) is 17.8 Å². The Labute approximate surface area is 169 Å². The summed E-state index contributed by atoms with van der Waals surface area (Å²) in [6.07, 6.45) is 0. The van der Waals surface area contributed by atoms with E-state index in [1.807, 2.05) is 6.07 Å². The predicted octanol–water partition coefficient (Wildman–Crippen LogP) is 4.19. The van der Waals surface area contributed by atoms with Crippen molar-refractivity contribution in [2.75, 3.05) is 16.0 Å². The summed E-state index contributed by atoms with van der Waals surface area (Å²) in [5, 5.41) is 8.33. The van der Waals surface area contributed by atoms with Crippen LogP contribution in [0.25, 0.3) is 0 Å². The SMILES string of the molecule is Cc1c(F)cc(C(N)=O)cc1NC(=O)c1ccc(NC(=O)Nc2ccccc2)s1. The van der Waals surface area contributed by atoms with Gasteiger partial charge in [-0.3, -0.25) is 14.9 Å². The molecule has 4 amide bonds. The molecule has 2 aromatic carbocycles. The van der Waals surface area contributed by atoms with E-state index in [1.165, 1.54) is 19.1 Å². The molecule has 0 aliphatic carbocycles. The Morgan fingerprint density at radius 2 is 1.69 bits per heavy atom. The van der Waals surface area contributed by atoms with Crippen LogP contribution in [0.3, 0.4) is 0 Å². The Morgan fingerprint density at radius 1 is 0.966 bits per heavy atom. The second kappa shape index (κ2) is 8.53. The van der Waals surface area contributed by atoms with Gasteiger partial charge in [-0.05, 0) is 43.3 Å². The first-order chi connectivity index (χ1) is 13.8. The molecule has 3 rings (SSSR count). The van der Waals surface area contributed by atoms with E-state index in [9.17, 15) is 18.8 Å². The minimum atomic E-state index is -0.800. The number of carbonyl (C=O) groups excluding carboxylic acids is 3. The van der Waals surface area contributed by atoms with Gasteiger partial charge in [-0.25, -0.2) is 9.18 Å². The molecule has 0 aliphatic rings. The van der Waals surface area contributed by atoms with Gasteiger partial charge in [-0.2, -0.15) is 0 Å². The fourth-order valence-corrected chi connectivity index (χ4v) is 3.25. The normalized spacial score (nSPS) is 10.3. The third-order valence-corrected chi connectivity index (χ3v) is 4.97. The largest absolute Gasteiger partial charge is 0.366 e. The molecule has 9 heteroatoms. The number of anilines is 3. The van der Waals surface area contributed by atoms with E-state index in [-0.39, 0.29) is 16.8 Å². The van der Waals surface area contributed by atoms with Gasteiger partial charge in [-0.1, -0.05) is 18.2 Å². The number of hydrogen-bond donors (Lipinski definition) is 4. The first kappa shape index (κ1) is 20.0. The Hall–Kier alpha value is -3.72. The number of amides is 4. The molecule has 5 N–H and O–H groups in total. The van der Waals surface area contributed by atoms with Crippen molar-refractivity contribution < 1.29 is 18.8 Å². The molecule has 0 bridgehead atoms. The predicted molar refractivity (Wildman–Crippen MR) is 111 cm³/mol. The highest BCUT2D eigenvalue weighted by atomic mass is 32.1. The molecule has 29 heavy (non-hydrogen) atoms. The second-order valence-electron chi connectivity index (χ2n) is 6.06. The minimum Gasteiger partial charge on any atom is -0.366 e. The number of nitrogens with one attached hydrogen (secondary N) is 3. The second-order valence-corrected chi connectivity index (χ2v) is 7.14. The molecule has 1 aromatic heterocycles. The van der Waals surface area contributed by atoms with Crippen LogP contribution in [0.15, 0.2) is 54.6 Å². The first-order valence-corrected chi connectivity index (χ1v) is 9.29. The maximum Gasteiger partial charge on any atom is 0.324 e. The number of urea groups is 1. The highest BCUT2D eigenvalue weighted by molar-refractivity contribution is 7.18. The number of primary amides is 1. The van der Waals surface area contributed by atoms with Crippen LogP contribution in [0.4, 0.5) is 25.6 Å². The number of carbonyl (C=O) groups is 3. The van der Waals surface area contributed by atoms with Crippen molar-refractivity contribution in [1.82, 2.24) is 0 Å². The lowest BCUT2D eigenvalue weighted by molar-refractivity contribution is 0.0996. The van der Waals surface area contributed by atoms with E-state index in [2.05, 4.69) is 16.0 Å². The molecule has 7 nitrogen and oxygen atoms in total. The molecular formula is C20H17FN4O3S. The molecule has 3 aromatic rings. The van der Waals surface area contributed by atoms with Crippen molar-refractivity contribution in [2.24, 2.45) is 5.73 Å². The van der Waals surface area contributed by atoms with Gasteiger partial charge in [0.2, 0.25) is 5.91 Å². The van der Waals surface area contributed by atoms with Gasteiger partial charge in [0.1, 0.15) is 5.82 Å². The van der Waals surface area contributed by atoms with Crippen LogP contribution in [0.1, 0.15) is 25.6 Å². The van der Waals surface area contributed by atoms with Crippen LogP contribution in [-0.2, 0) is 0 Å². The lowest BCUT2D eigenvalue weighted by atomic mass is 10.1. The minimum absolute atomic E-state index is 0.0467. The van der Waals surface area contributed by atoms with Crippen molar-refractivity contribution >= 4 is 45.6 Å². The van der Waals surface area contributed by atoms with Gasteiger partial charge >= 0.3 is 6.03 Å². The number of hydrogen-bond acceptors (Lipinski definition) is 4. The standard InChI is InChI=1S/C20H17FN4O3S/c1-11-14(21)9-12(18(22)26)10-15(11)24-19(27)16-7-8-17(29-16)25-20(28)23-13-5-3-2-4-6-13/h2-10H,1H3,(H2,22,26)(H,24,27)(H2,23,25,28). The maximum atomic E-state index is 14.0. The summed E-state index contributed by atoms with van der Waals surface area (Å²) in [6.45, 7) is 1.48. The maximum absolute atomic E-state index is 14.0. The number of para-hydroxylation sites is 1. The highest BCUT2D eigenvalue weighted by Gasteiger charge is 2.16. The third-order valence-electron chi connectivity index (χ3n) is 3.98. The third kappa shape index (κ3) is 4.96. The van der Waals surface area contributed by atoms with Crippen LogP contribution in [0, 0.1) is 12.7 Å². The van der Waals surface area contributed by atoms with Gasteiger partial charge in [0, 0.05) is 22.5 Å². The molecule has 0 atom stereocenters. The molecule has 0 aliphatic heterocycles. The number of halogens is 1. The zero-order valence-electron chi connectivity index (χ0n) is 15.3. The van der Waals surface area contributed by atoms with Gasteiger partial charge in [-0.15, -0.1) is 11.3 Å². The van der Waals surface area contributed by atoms with E-state index in [4.69, 9.17) is 5.73 Å². The average Bonchev–Trinajstić information content (AvgIpc) is 3.14. The molecule has 0 spiro atoms. The van der Waals surface area contributed by atoms with E-state index >= 15 is 0 Å². The smallest absolute Gasteiger partial charge is 0.324 e. The Kier molecular flexibility index (Phi) is 5.89. The van der Waals surface area contributed by atoms with Crippen molar-refractivity contribution in [3.63, 3.8) is 0 Å². The first-order valence-electron chi connectivity index (χ1n) is 8.47. The topological polar surface area (TPSA) is 113 Å². The monoisotopic (exact) mass is 412 g/mol. The van der Waals surface area contributed by atoms with E-state index < -0.39 is 23.7 Å². The quantitative estimate of drug-likeness (QED) is 0.504. The van der Waals surface area contributed by atoms with Crippen molar-refractivity contribution in [2.45, 2.75) is 6.92 Å². The molecular weight excluding hydrogens is 395 g/mol. The summed E-state index contributed by atoms with van der Waals surface area (Å²) in [5.41, 5.74) is 6.10. The Bertz CT molecular complexity index is 1080. The fraction of sp³-hybridized carbons (Fsp3) is 0.0500. The average molecular weight is 412 g/mol. The van der Waals surface area contributed by atoms with Crippen molar-refractivity contribution in [3.05, 3.63) is 76.4 Å². The molecule has 0 saturated heterocycles. The number of rotatable bonds is 5. The fourth-order valence-electron chi connectivity index (χ4n) is 2.46. The Morgan fingerprint density at radius 3 is 2.38 bits per heavy atom. The van der Waals surface area contributed by atoms with Gasteiger partial charge in [0.25, 0.3) is 5.91 Å². The molecule has 0 saturated carbocycles. The molecule has 0 radical (unpaired) electrons. The highest BCUT2D eigenvalue weighted by Crippen LogP contribution is 2.25. The van der Waals surface area contributed by atoms with Crippen LogP contribution in [0.2, 0.25) is 0 Å². The number of nitrogens with two attached hydrogens (primary N) is 1. The molecule has 0 unspecified atom stereocenters. The van der Waals surface area contributed by atoms with E-state index in [0.29, 0.717) is 15.6 Å². The van der Waals surface area contributed by atoms with Crippen molar-refractivity contribution in [1.29, 1.82) is 0 Å². The number of thiophene rings is 1. The van der Waals surface area contributed by atoms with E-state index in [1.54, 1.807) is 30.3 Å². The van der Waals surface area contributed by atoms with Gasteiger partial charge < -0.3 is 16.4 Å². The summed E-state index contributed by atoms with van der Waals surface area (Å²) in [7, 11) is 0. The lowest BCUT2D eigenvalue weighted by Gasteiger charge is -2.10. The summed E-state index contributed by atoms with van der Waals surface area (Å²) < 4.78 is 14.0. The Balaban J connectivity index is 1.68. The molecule has 1 heterocycles. The lowest BCUT2D eigenvalue weighted by Crippen LogP contribution is -2.18. The molecule has 0 fully saturated rings. The van der Waals surface area contributed by atoms with Crippen LogP contribution < -0.4 is 21.7 Å². The zero-order valence-corrected chi connectivity index (χ0v) is 16.1. The summed E-state index contributed by atoms with van der Waals surface area (Å²) in [5.74, 6) is -1.95. The van der Waals surface area contributed by atoms with Gasteiger partial charge in [0.05, 0.1) is 9.88 Å². The molecule has 148 valence electrons. The van der Waals surface area contributed by atoms with Crippen LogP contribution >= 0.6 is 11.3 Å². The van der Waals surface area contributed by atoms with E-state index in [0.717, 1.165) is 17.4 Å². The summed E-state index contributed by atoms with van der Waals surface area (Å²) in [6, 6.07) is 13.9.